The first-order valence-corrected chi connectivity index (χ1v) is 6.76. The number of ether oxygens (including phenoxy) is 1. The van der Waals surface area contributed by atoms with Crippen LogP contribution < -0.4 is 5.32 Å². The highest BCUT2D eigenvalue weighted by molar-refractivity contribution is 9.10. The molecule has 20 heavy (non-hydrogen) atoms. The van der Waals surface area contributed by atoms with Crippen LogP contribution in [0.25, 0.3) is 0 Å². The number of benzene rings is 1. The van der Waals surface area contributed by atoms with Gasteiger partial charge in [0.1, 0.15) is 11.8 Å². The highest BCUT2D eigenvalue weighted by atomic mass is 79.9. The van der Waals surface area contributed by atoms with E-state index in [0.29, 0.717) is 17.5 Å². The SMILES string of the molecule is COCCCC(NC(=O)c1ccc(Br)cc1O)C(=O)O. The topological polar surface area (TPSA) is 95.9 Å². The average molecular weight is 346 g/mol. The molecule has 1 amide bonds. The lowest BCUT2D eigenvalue weighted by Crippen LogP contribution is -2.40. The number of amides is 1. The van der Waals surface area contributed by atoms with E-state index in [1.807, 2.05) is 0 Å². The van der Waals surface area contributed by atoms with E-state index in [9.17, 15) is 14.7 Å². The van der Waals surface area contributed by atoms with Crippen molar-refractivity contribution >= 4 is 27.8 Å². The van der Waals surface area contributed by atoms with Gasteiger partial charge in [0.15, 0.2) is 0 Å². The second-order valence-corrected chi connectivity index (χ2v) is 5.08. The number of hydrogen-bond donors (Lipinski definition) is 3. The molecule has 3 N–H and O–H groups in total. The van der Waals surface area contributed by atoms with Gasteiger partial charge in [-0.25, -0.2) is 4.79 Å². The fourth-order valence-corrected chi connectivity index (χ4v) is 1.97. The molecule has 110 valence electrons. The maximum Gasteiger partial charge on any atom is 0.326 e. The number of phenolic OH excluding ortho intramolecular Hbond substituents is 1. The summed E-state index contributed by atoms with van der Waals surface area (Å²) in [5.74, 6) is -1.95. The first kappa shape index (κ1) is 16.5. The average Bonchev–Trinajstić information content (AvgIpc) is 2.37. The van der Waals surface area contributed by atoms with Crippen LogP contribution in [0.2, 0.25) is 0 Å². The quantitative estimate of drug-likeness (QED) is 0.654. The molecule has 7 heteroatoms. The van der Waals surface area contributed by atoms with Crippen LogP contribution in [-0.4, -0.2) is 41.8 Å². The first-order valence-electron chi connectivity index (χ1n) is 5.96. The summed E-state index contributed by atoms with van der Waals surface area (Å²) in [4.78, 5) is 23.0. The van der Waals surface area contributed by atoms with E-state index in [4.69, 9.17) is 9.84 Å². The van der Waals surface area contributed by atoms with Gasteiger partial charge in [-0.1, -0.05) is 15.9 Å². The van der Waals surface area contributed by atoms with E-state index >= 15 is 0 Å². The fraction of sp³-hybridized carbons (Fsp3) is 0.385. The number of carboxylic acid groups (broad SMARTS) is 1. The minimum Gasteiger partial charge on any atom is -0.507 e. The van der Waals surface area contributed by atoms with E-state index in [1.54, 1.807) is 6.07 Å². The molecule has 1 aromatic rings. The molecule has 6 nitrogen and oxygen atoms in total. The fourth-order valence-electron chi connectivity index (χ4n) is 1.62. The number of hydrogen-bond acceptors (Lipinski definition) is 4. The Morgan fingerprint density at radius 1 is 1.45 bits per heavy atom. The Hall–Kier alpha value is -1.60. The zero-order valence-corrected chi connectivity index (χ0v) is 12.5. The maximum absolute atomic E-state index is 11.9. The molecule has 0 aliphatic rings. The molecule has 0 radical (unpaired) electrons. The molecule has 0 aliphatic carbocycles. The molecule has 1 rings (SSSR count). The summed E-state index contributed by atoms with van der Waals surface area (Å²) >= 11 is 3.16. The maximum atomic E-state index is 11.9. The van der Waals surface area contributed by atoms with Gasteiger partial charge in [0.05, 0.1) is 5.56 Å². The van der Waals surface area contributed by atoms with Crippen LogP contribution in [0.15, 0.2) is 22.7 Å². The zero-order chi connectivity index (χ0) is 15.1. The Morgan fingerprint density at radius 3 is 2.70 bits per heavy atom. The Morgan fingerprint density at radius 2 is 2.15 bits per heavy atom. The number of halogens is 1. The summed E-state index contributed by atoms with van der Waals surface area (Å²) in [6.45, 7) is 0.420. The van der Waals surface area contributed by atoms with E-state index in [0.717, 1.165) is 0 Å². The lowest BCUT2D eigenvalue weighted by molar-refractivity contribution is -0.139. The highest BCUT2D eigenvalue weighted by Gasteiger charge is 2.21. The Labute approximate surface area is 124 Å². The van der Waals surface area contributed by atoms with E-state index in [2.05, 4.69) is 21.2 Å². The van der Waals surface area contributed by atoms with E-state index in [-0.39, 0.29) is 17.7 Å². The molecule has 1 aromatic carbocycles. The van der Waals surface area contributed by atoms with Gasteiger partial charge in [0.2, 0.25) is 0 Å². The highest BCUT2D eigenvalue weighted by Crippen LogP contribution is 2.22. The van der Waals surface area contributed by atoms with Gasteiger partial charge < -0.3 is 20.3 Å². The summed E-state index contributed by atoms with van der Waals surface area (Å²) < 4.78 is 5.47. The second kappa shape index (κ2) is 7.86. The van der Waals surface area contributed by atoms with E-state index in [1.165, 1.54) is 19.2 Å². The third kappa shape index (κ3) is 4.82. The van der Waals surface area contributed by atoms with Crippen LogP contribution in [0.1, 0.15) is 23.2 Å². The lowest BCUT2D eigenvalue weighted by atomic mass is 10.1. The molecular weight excluding hydrogens is 330 g/mol. The standard InChI is InChI=1S/C13H16BrNO5/c1-20-6-2-3-10(13(18)19)15-12(17)9-5-4-8(14)7-11(9)16/h4-5,7,10,16H,2-3,6H2,1H3,(H,15,17)(H,18,19). The lowest BCUT2D eigenvalue weighted by Gasteiger charge is -2.14. The smallest absolute Gasteiger partial charge is 0.326 e. The van der Waals surface area contributed by atoms with Crippen LogP contribution in [0.3, 0.4) is 0 Å². The summed E-state index contributed by atoms with van der Waals surface area (Å²) in [6, 6.07) is 3.37. The van der Waals surface area contributed by atoms with Gasteiger partial charge in [-0.05, 0) is 31.0 Å². The van der Waals surface area contributed by atoms with Crippen molar-refractivity contribution in [1.82, 2.24) is 5.32 Å². The number of aliphatic carboxylic acids is 1. The number of phenols is 1. The monoisotopic (exact) mass is 345 g/mol. The largest absolute Gasteiger partial charge is 0.507 e. The summed E-state index contributed by atoms with van der Waals surface area (Å²) in [7, 11) is 1.52. The number of methoxy groups -OCH3 is 1. The predicted molar refractivity (Wildman–Crippen MR) is 75.8 cm³/mol. The Balaban J connectivity index is 2.72. The number of carbonyl (C=O) groups is 2. The molecule has 0 saturated heterocycles. The molecule has 0 aliphatic heterocycles. The minimum atomic E-state index is -1.12. The molecule has 0 saturated carbocycles. The molecule has 0 bridgehead atoms. The minimum absolute atomic E-state index is 0.0335. The molecule has 1 atom stereocenters. The number of carboxylic acids is 1. The normalized spacial score (nSPS) is 11.9. The van der Waals surface area contributed by atoms with Crippen molar-refractivity contribution in [3.63, 3.8) is 0 Å². The molecule has 0 spiro atoms. The van der Waals surface area contributed by atoms with E-state index < -0.39 is 17.9 Å². The van der Waals surface area contributed by atoms with Crippen LogP contribution in [0.5, 0.6) is 5.75 Å². The number of nitrogens with one attached hydrogen (secondary N) is 1. The van der Waals surface area contributed by atoms with Gasteiger partial charge in [-0.2, -0.15) is 0 Å². The summed E-state index contributed by atoms with van der Waals surface area (Å²) in [5.41, 5.74) is 0.0335. The van der Waals surface area contributed by atoms with Crippen molar-refractivity contribution in [3.05, 3.63) is 28.2 Å². The van der Waals surface area contributed by atoms with Crippen molar-refractivity contribution < 1.29 is 24.5 Å². The predicted octanol–water partition coefficient (Wildman–Crippen LogP) is 1.76. The van der Waals surface area contributed by atoms with Gasteiger partial charge in [0.25, 0.3) is 5.91 Å². The number of rotatable bonds is 7. The number of carbonyl (C=O) groups excluding carboxylic acids is 1. The van der Waals surface area contributed by atoms with Crippen molar-refractivity contribution in [2.24, 2.45) is 0 Å². The Kier molecular flexibility index (Phi) is 6.47. The van der Waals surface area contributed by atoms with Crippen molar-refractivity contribution in [3.8, 4) is 5.75 Å². The van der Waals surface area contributed by atoms with Crippen LogP contribution in [-0.2, 0) is 9.53 Å². The van der Waals surface area contributed by atoms with Crippen LogP contribution >= 0.6 is 15.9 Å². The first-order chi connectivity index (χ1) is 9.45. The third-order valence-corrected chi connectivity index (χ3v) is 3.14. The molecule has 0 aromatic heterocycles. The van der Waals surface area contributed by atoms with Gasteiger partial charge >= 0.3 is 5.97 Å². The van der Waals surface area contributed by atoms with Crippen LogP contribution in [0.4, 0.5) is 0 Å². The molecule has 0 heterocycles. The van der Waals surface area contributed by atoms with Crippen molar-refractivity contribution in [2.75, 3.05) is 13.7 Å². The summed E-state index contributed by atoms with van der Waals surface area (Å²) in [6.07, 6.45) is 0.770. The van der Waals surface area contributed by atoms with Crippen molar-refractivity contribution in [2.45, 2.75) is 18.9 Å². The van der Waals surface area contributed by atoms with Gasteiger partial charge in [-0.15, -0.1) is 0 Å². The molecular formula is C13H16BrNO5. The Bertz CT molecular complexity index is 492. The zero-order valence-electron chi connectivity index (χ0n) is 10.9. The van der Waals surface area contributed by atoms with Crippen LogP contribution in [0, 0.1) is 0 Å². The third-order valence-electron chi connectivity index (χ3n) is 2.65. The summed E-state index contributed by atoms with van der Waals surface area (Å²) in [5, 5.41) is 21.1. The molecule has 0 fully saturated rings. The second-order valence-electron chi connectivity index (χ2n) is 4.16. The van der Waals surface area contributed by atoms with Gasteiger partial charge in [-0.3, -0.25) is 4.79 Å². The van der Waals surface area contributed by atoms with Gasteiger partial charge in [0, 0.05) is 18.2 Å². The number of aromatic hydroxyl groups is 1. The molecule has 1 unspecified atom stereocenters. The van der Waals surface area contributed by atoms with Crippen molar-refractivity contribution in [1.29, 1.82) is 0 Å².